The second-order valence-corrected chi connectivity index (χ2v) is 8.20. The van der Waals surface area contributed by atoms with Gasteiger partial charge in [-0.05, 0) is 48.1 Å². The van der Waals surface area contributed by atoms with Gasteiger partial charge in [0, 0.05) is 31.5 Å². The van der Waals surface area contributed by atoms with E-state index in [1.165, 1.54) is 17.7 Å². The van der Waals surface area contributed by atoms with Crippen LogP contribution in [-0.2, 0) is 11.2 Å². The van der Waals surface area contributed by atoms with Gasteiger partial charge in [0.15, 0.2) is 0 Å². The molecule has 2 heterocycles. The molecule has 1 saturated heterocycles. The molecule has 146 valence electrons. The quantitative estimate of drug-likeness (QED) is 0.859. The number of nitrogens with one attached hydrogen (secondary N) is 1. The summed E-state index contributed by atoms with van der Waals surface area (Å²) in [4.78, 5) is 15.1. The van der Waals surface area contributed by atoms with Crippen molar-refractivity contribution in [1.82, 2.24) is 10.2 Å². The van der Waals surface area contributed by atoms with Crippen LogP contribution in [0, 0.1) is 17.7 Å². The molecule has 0 unspecified atom stereocenters. The molecule has 2 aromatic carbocycles. The summed E-state index contributed by atoms with van der Waals surface area (Å²) in [7, 11) is 0. The minimum absolute atomic E-state index is 0.0137. The highest BCUT2D eigenvalue weighted by Crippen LogP contribution is 2.39. The van der Waals surface area contributed by atoms with E-state index < -0.39 is 0 Å². The predicted octanol–water partition coefficient (Wildman–Crippen LogP) is 3.91. The first kappa shape index (κ1) is 17.7. The van der Waals surface area contributed by atoms with Crippen molar-refractivity contribution in [3.63, 3.8) is 0 Å². The minimum Gasteiger partial charge on any atom is -0.445 e. The topological polar surface area (TPSA) is 41.6 Å². The van der Waals surface area contributed by atoms with E-state index in [9.17, 15) is 9.18 Å². The third-order valence-electron chi connectivity index (χ3n) is 6.59. The number of nitrogens with zero attached hydrogens (tertiary/aromatic N) is 1. The molecule has 2 fully saturated rings. The van der Waals surface area contributed by atoms with Crippen molar-refractivity contribution in [2.75, 3.05) is 19.6 Å². The Kier molecular flexibility index (Phi) is 4.55. The maximum absolute atomic E-state index is 13.5. The van der Waals surface area contributed by atoms with Crippen molar-refractivity contribution in [1.29, 1.82) is 0 Å². The van der Waals surface area contributed by atoms with Crippen molar-refractivity contribution < 1.29 is 13.9 Å². The van der Waals surface area contributed by atoms with Crippen LogP contribution in [-0.4, -0.2) is 36.7 Å². The lowest BCUT2D eigenvalue weighted by molar-refractivity contribution is 0.00835. The number of hydrogen-bond donors (Lipinski definition) is 1. The lowest BCUT2D eigenvalue weighted by Crippen LogP contribution is -2.48. The number of carbonyl (C=O) groups excluding carboxylic acids is 1. The molecule has 3 aliphatic rings. The normalized spacial score (nSPS) is 28.7. The first-order valence-electron chi connectivity index (χ1n) is 10.2. The Hall–Kier alpha value is -2.40. The maximum Gasteiger partial charge on any atom is 0.410 e. The highest BCUT2D eigenvalue weighted by atomic mass is 19.1. The van der Waals surface area contributed by atoms with Crippen LogP contribution in [0.25, 0.3) is 0 Å². The van der Waals surface area contributed by atoms with Crippen molar-refractivity contribution in [2.45, 2.75) is 31.4 Å². The number of hydrogen-bond acceptors (Lipinski definition) is 3. The van der Waals surface area contributed by atoms with Crippen LogP contribution in [0.5, 0.6) is 0 Å². The summed E-state index contributed by atoms with van der Waals surface area (Å²) in [5.74, 6) is 0.571. The summed E-state index contributed by atoms with van der Waals surface area (Å²) >= 11 is 0. The van der Waals surface area contributed by atoms with Crippen LogP contribution >= 0.6 is 0 Å². The van der Waals surface area contributed by atoms with E-state index in [1.807, 2.05) is 17.0 Å². The Labute approximate surface area is 164 Å². The number of carbonyl (C=O) groups is 1. The molecule has 4 atom stereocenters. The first-order valence-corrected chi connectivity index (χ1v) is 10.2. The van der Waals surface area contributed by atoms with Gasteiger partial charge in [0.05, 0.1) is 6.04 Å². The number of rotatable bonds is 2. The van der Waals surface area contributed by atoms with Gasteiger partial charge in [-0.3, -0.25) is 4.90 Å². The number of halogens is 1. The summed E-state index contributed by atoms with van der Waals surface area (Å²) in [5, 5.41) is 3.44. The van der Waals surface area contributed by atoms with Crippen LogP contribution in [0.4, 0.5) is 9.18 Å². The lowest BCUT2D eigenvalue weighted by Gasteiger charge is -2.39. The Bertz CT molecular complexity index is 853. The summed E-state index contributed by atoms with van der Waals surface area (Å²) < 4.78 is 19.6. The highest BCUT2D eigenvalue weighted by Gasteiger charge is 2.43. The van der Waals surface area contributed by atoms with E-state index >= 15 is 0 Å². The second kappa shape index (κ2) is 7.21. The van der Waals surface area contributed by atoms with Crippen LogP contribution in [0.1, 0.15) is 35.6 Å². The van der Waals surface area contributed by atoms with E-state index in [-0.39, 0.29) is 24.1 Å². The minimum atomic E-state index is -0.270. The third kappa shape index (κ3) is 3.08. The second-order valence-electron chi connectivity index (χ2n) is 8.20. The molecule has 0 radical (unpaired) electrons. The number of benzene rings is 2. The van der Waals surface area contributed by atoms with Crippen LogP contribution in [0.2, 0.25) is 0 Å². The summed E-state index contributed by atoms with van der Waals surface area (Å²) in [6.45, 7) is 2.47. The molecule has 2 aliphatic heterocycles. The van der Waals surface area contributed by atoms with Crippen molar-refractivity contribution in [3.05, 3.63) is 71.0 Å². The van der Waals surface area contributed by atoms with E-state index in [1.54, 1.807) is 12.1 Å². The number of amides is 1. The molecule has 2 bridgehead atoms. The molecule has 1 aliphatic carbocycles. The fourth-order valence-electron chi connectivity index (χ4n) is 5.18. The van der Waals surface area contributed by atoms with E-state index in [4.69, 9.17) is 4.74 Å². The lowest BCUT2D eigenvalue weighted by atomic mass is 9.88. The molecule has 0 spiro atoms. The summed E-state index contributed by atoms with van der Waals surface area (Å²) in [5.41, 5.74) is 3.26. The molecule has 28 heavy (non-hydrogen) atoms. The van der Waals surface area contributed by atoms with E-state index in [2.05, 4.69) is 17.4 Å². The van der Waals surface area contributed by atoms with Gasteiger partial charge < -0.3 is 10.1 Å². The molecule has 5 rings (SSSR count). The van der Waals surface area contributed by atoms with Gasteiger partial charge in [0.2, 0.25) is 0 Å². The van der Waals surface area contributed by atoms with Crippen LogP contribution < -0.4 is 5.32 Å². The van der Waals surface area contributed by atoms with Gasteiger partial charge in [-0.2, -0.15) is 0 Å². The number of fused-ring (bicyclic) bond motifs is 3. The van der Waals surface area contributed by atoms with E-state index in [0.717, 1.165) is 43.5 Å². The van der Waals surface area contributed by atoms with Gasteiger partial charge >= 0.3 is 6.09 Å². The first-order chi connectivity index (χ1) is 13.7. The molecule has 1 N–H and O–H groups in total. The Morgan fingerprint density at radius 2 is 1.75 bits per heavy atom. The molecular weight excluding hydrogens is 355 g/mol. The zero-order chi connectivity index (χ0) is 19.1. The average molecular weight is 380 g/mol. The SMILES string of the molecule is O=C(O[C@H]1[C@@H]2CC[C@H]1CNC2)N1CCc2ccccc2[C@@H]1c1ccc(F)cc1. The maximum atomic E-state index is 13.5. The molecule has 5 heteroatoms. The average Bonchev–Trinajstić information content (AvgIpc) is 2.94. The highest BCUT2D eigenvalue weighted by molar-refractivity contribution is 5.70. The third-order valence-corrected chi connectivity index (χ3v) is 6.59. The number of piperidine rings is 1. The molecule has 0 aromatic heterocycles. The van der Waals surface area contributed by atoms with Crippen molar-refractivity contribution in [3.8, 4) is 0 Å². The molecule has 2 aromatic rings. The van der Waals surface area contributed by atoms with Gasteiger partial charge in [0.25, 0.3) is 0 Å². The van der Waals surface area contributed by atoms with Crippen molar-refractivity contribution in [2.24, 2.45) is 11.8 Å². The summed E-state index contributed by atoms with van der Waals surface area (Å²) in [6, 6.07) is 14.4. The zero-order valence-electron chi connectivity index (χ0n) is 15.8. The summed E-state index contributed by atoms with van der Waals surface area (Å²) in [6.07, 6.45) is 2.83. The standard InChI is InChI=1S/C23H25FN2O2/c24-19-9-7-16(8-10-19)21-20-4-2-1-3-15(20)11-12-26(21)23(27)28-22-17-5-6-18(22)14-25-13-17/h1-4,7-10,17-18,21-22,25H,5-6,11-14H2/t17-,18+,21-,22+/m0/s1. The zero-order valence-corrected chi connectivity index (χ0v) is 15.8. The number of ether oxygens (including phenoxy) is 1. The van der Waals surface area contributed by atoms with Gasteiger partial charge in [-0.1, -0.05) is 36.4 Å². The molecule has 4 nitrogen and oxygen atoms in total. The monoisotopic (exact) mass is 380 g/mol. The van der Waals surface area contributed by atoms with Gasteiger partial charge in [0.1, 0.15) is 11.9 Å². The molecule has 1 saturated carbocycles. The largest absolute Gasteiger partial charge is 0.445 e. The predicted molar refractivity (Wildman–Crippen MR) is 104 cm³/mol. The smallest absolute Gasteiger partial charge is 0.410 e. The van der Waals surface area contributed by atoms with Gasteiger partial charge in [-0.15, -0.1) is 0 Å². The molecule has 1 amide bonds. The Morgan fingerprint density at radius 1 is 1.04 bits per heavy atom. The van der Waals surface area contributed by atoms with Crippen LogP contribution in [0.15, 0.2) is 48.5 Å². The van der Waals surface area contributed by atoms with E-state index in [0.29, 0.717) is 18.4 Å². The van der Waals surface area contributed by atoms with Gasteiger partial charge in [-0.25, -0.2) is 9.18 Å². The fourth-order valence-corrected chi connectivity index (χ4v) is 5.18. The Balaban J connectivity index is 1.45. The van der Waals surface area contributed by atoms with Crippen LogP contribution in [0.3, 0.4) is 0 Å². The molecular formula is C23H25FN2O2. The Morgan fingerprint density at radius 3 is 2.50 bits per heavy atom. The van der Waals surface area contributed by atoms with Crippen molar-refractivity contribution >= 4 is 6.09 Å². The fraction of sp³-hybridized carbons (Fsp3) is 0.435.